The van der Waals surface area contributed by atoms with Gasteiger partial charge < -0.3 is 10.4 Å². The molecule has 0 radical (unpaired) electrons. The van der Waals surface area contributed by atoms with Gasteiger partial charge in [0.05, 0.1) is 6.10 Å². The summed E-state index contributed by atoms with van der Waals surface area (Å²) in [6.07, 6.45) is 3.76. The zero-order chi connectivity index (χ0) is 9.84. The number of nitrogens with one attached hydrogen (secondary N) is 1. The molecule has 0 aromatic heterocycles. The molecule has 0 bridgehead atoms. The highest BCUT2D eigenvalue weighted by atomic mass is 16.3. The summed E-state index contributed by atoms with van der Waals surface area (Å²) in [6.45, 7) is 7.10. The molecule has 1 rings (SSSR count). The normalized spacial score (nSPS) is 21.9. The highest BCUT2D eigenvalue weighted by Crippen LogP contribution is 2.33. The van der Waals surface area contributed by atoms with Gasteiger partial charge in [-0.15, -0.1) is 0 Å². The number of aliphatic hydroxyl groups is 1. The number of rotatable bonds is 6. The Bertz CT molecular complexity index is 143. The predicted octanol–water partition coefficient (Wildman–Crippen LogP) is 1.78. The highest BCUT2D eigenvalue weighted by molar-refractivity contribution is 4.86. The first-order valence-corrected chi connectivity index (χ1v) is 5.56. The van der Waals surface area contributed by atoms with Gasteiger partial charge in [0.2, 0.25) is 0 Å². The van der Waals surface area contributed by atoms with Gasteiger partial charge in [0.1, 0.15) is 0 Å². The summed E-state index contributed by atoms with van der Waals surface area (Å²) in [5, 5.41) is 13.1. The second kappa shape index (κ2) is 4.97. The van der Waals surface area contributed by atoms with Crippen molar-refractivity contribution in [1.82, 2.24) is 5.32 Å². The van der Waals surface area contributed by atoms with Gasteiger partial charge in [0, 0.05) is 12.6 Å². The summed E-state index contributed by atoms with van der Waals surface area (Å²) < 4.78 is 0. The fraction of sp³-hybridized carbons (Fsp3) is 1.00. The van der Waals surface area contributed by atoms with Crippen LogP contribution in [0.4, 0.5) is 0 Å². The van der Waals surface area contributed by atoms with E-state index in [9.17, 15) is 5.11 Å². The Morgan fingerprint density at radius 1 is 1.38 bits per heavy atom. The first-order chi connectivity index (χ1) is 6.15. The Labute approximate surface area is 81.7 Å². The zero-order valence-corrected chi connectivity index (χ0v) is 9.09. The van der Waals surface area contributed by atoms with Gasteiger partial charge in [-0.1, -0.05) is 20.8 Å². The lowest BCUT2D eigenvalue weighted by Crippen LogP contribution is -2.38. The van der Waals surface area contributed by atoms with E-state index < -0.39 is 0 Å². The van der Waals surface area contributed by atoms with Gasteiger partial charge >= 0.3 is 0 Å². The average molecular weight is 185 g/mol. The largest absolute Gasteiger partial charge is 0.392 e. The van der Waals surface area contributed by atoms with Crippen molar-refractivity contribution in [2.75, 3.05) is 6.54 Å². The average Bonchev–Trinajstić information content (AvgIpc) is 2.88. The number of hydrogen-bond acceptors (Lipinski definition) is 2. The van der Waals surface area contributed by atoms with E-state index in [0.29, 0.717) is 12.0 Å². The van der Waals surface area contributed by atoms with E-state index in [-0.39, 0.29) is 6.10 Å². The van der Waals surface area contributed by atoms with Crippen LogP contribution in [-0.2, 0) is 0 Å². The second-order valence-electron chi connectivity index (χ2n) is 4.57. The van der Waals surface area contributed by atoms with E-state index >= 15 is 0 Å². The highest BCUT2D eigenvalue weighted by Gasteiger charge is 2.29. The molecule has 1 aliphatic rings. The summed E-state index contributed by atoms with van der Waals surface area (Å²) in [7, 11) is 0. The third kappa shape index (κ3) is 3.65. The fourth-order valence-corrected chi connectivity index (χ4v) is 1.65. The lowest BCUT2D eigenvalue weighted by molar-refractivity contribution is 0.118. The minimum absolute atomic E-state index is 0.187. The van der Waals surface area contributed by atoms with E-state index in [0.717, 1.165) is 12.5 Å². The Balaban J connectivity index is 2.15. The summed E-state index contributed by atoms with van der Waals surface area (Å²) in [4.78, 5) is 0. The Morgan fingerprint density at radius 3 is 2.38 bits per heavy atom. The van der Waals surface area contributed by atoms with Gasteiger partial charge in [0.15, 0.2) is 0 Å². The quantitative estimate of drug-likeness (QED) is 0.661. The molecule has 0 aliphatic heterocycles. The molecule has 1 fully saturated rings. The molecule has 0 heterocycles. The lowest BCUT2D eigenvalue weighted by Gasteiger charge is -2.20. The van der Waals surface area contributed by atoms with E-state index in [1.54, 1.807) is 0 Å². The Kier molecular flexibility index (Phi) is 4.20. The van der Waals surface area contributed by atoms with Crippen LogP contribution in [0, 0.1) is 11.8 Å². The maximum absolute atomic E-state index is 9.61. The lowest BCUT2D eigenvalue weighted by atomic mass is 10.1. The third-order valence-electron chi connectivity index (χ3n) is 2.99. The second-order valence-corrected chi connectivity index (χ2v) is 4.57. The smallest absolute Gasteiger partial charge is 0.0687 e. The van der Waals surface area contributed by atoms with Crippen molar-refractivity contribution in [3.8, 4) is 0 Å². The van der Waals surface area contributed by atoms with Gasteiger partial charge in [-0.05, 0) is 31.1 Å². The molecular formula is C11H23NO. The van der Waals surface area contributed by atoms with E-state index in [4.69, 9.17) is 0 Å². The number of aliphatic hydroxyl groups excluding tert-OH is 1. The molecule has 2 atom stereocenters. The molecule has 0 spiro atoms. The van der Waals surface area contributed by atoms with Crippen molar-refractivity contribution in [3.63, 3.8) is 0 Å². The molecule has 1 saturated carbocycles. The van der Waals surface area contributed by atoms with Crippen molar-refractivity contribution < 1.29 is 5.11 Å². The molecule has 2 N–H and O–H groups in total. The summed E-state index contributed by atoms with van der Waals surface area (Å²) >= 11 is 0. The molecule has 78 valence electrons. The van der Waals surface area contributed by atoms with Crippen LogP contribution in [0.25, 0.3) is 0 Å². The molecule has 13 heavy (non-hydrogen) atoms. The van der Waals surface area contributed by atoms with Crippen LogP contribution in [0.1, 0.15) is 40.0 Å². The van der Waals surface area contributed by atoms with Crippen molar-refractivity contribution in [2.24, 2.45) is 11.8 Å². The van der Waals surface area contributed by atoms with Crippen LogP contribution < -0.4 is 5.32 Å². The molecule has 1 aliphatic carbocycles. The Morgan fingerprint density at radius 2 is 2.00 bits per heavy atom. The molecule has 2 unspecified atom stereocenters. The van der Waals surface area contributed by atoms with Gasteiger partial charge in [-0.25, -0.2) is 0 Å². The minimum Gasteiger partial charge on any atom is -0.392 e. The van der Waals surface area contributed by atoms with Crippen molar-refractivity contribution in [2.45, 2.75) is 52.2 Å². The zero-order valence-electron chi connectivity index (χ0n) is 9.09. The Hall–Kier alpha value is -0.0800. The van der Waals surface area contributed by atoms with E-state index in [1.165, 1.54) is 19.3 Å². The number of hydrogen-bond donors (Lipinski definition) is 2. The first-order valence-electron chi connectivity index (χ1n) is 5.56. The van der Waals surface area contributed by atoms with Crippen LogP contribution in [0.5, 0.6) is 0 Å². The summed E-state index contributed by atoms with van der Waals surface area (Å²) in [6, 6.07) is 0.647. The van der Waals surface area contributed by atoms with Crippen LogP contribution in [0.3, 0.4) is 0 Å². The maximum Gasteiger partial charge on any atom is 0.0687 e. The molecule has 0 aromatic rings. The van der Waals surface area contributed by atoms with Crippen molar-refractivity contribution in [3.05, 3.63) is 0 Å². The first kappa shape index (κ1) is 11.0. The summed E-state index contributed by atoms with van der Waals surface area (Å²) in [5.74, 6) is 1.26. The van der Waals surface area contributed by atoms with Crippen molar-refractivity contribution >= 4 is 0 Å². The fourth-order valence-electron chi connectivity index (χ4n) is 1.65. The van der Waals surface area contributed by atoms with E-state index in [1.807, 2.05) is 0 Å². The standard InChI is InChI=1S/C11H23NO/c1-4-10(9-5-6-9)12-7-11(13)8(2)3/h8-13H,4-7H2,1-3H3. The molecule has 0 aromatic carbocycles. The SMILES string of the molecule is CCC(NCC(O)C(C)C)C1CC1. The van der Waals surface area contributed by atoms with E-state index in [2.05, 4.69) is 26.1 Å². The van der Waals surface area contributed by atoms with Crippen LogP contribution in [0.2, 0.25) is 0 Å². The van der Waals surface area contributed by atoms with Crippen LogP contribution in [-0.4, -0.2) is 23.8 Å². The molecule has 0 amide bonds. The molecule has 2 heteroatoms. The summed E-state index contributed by atoms with van der Waals surface area (Å²) in [5.41, 5.74) is 0. The molecular weight excluding hydrogens is 162 g/mol. The van der Waals surface area contributed by atoms with Gasteiger partial charge in [-0.3, -0.25) is 0 Å². The van der Waals surface area contributed by atoms with Crippen molar-refractivity contribution in [1.29, 1.82) is 0 Å². The topological polar surface area (TPSA) is 32.3 Å². The van der Waals surface area contributed by atoms with Gasteiger partial charge in [-0.2, -0.15) is 0 Å². The molecule has 0 saturated heterocycles. The van der Waals surface area contributed by atoms with Crippen LogP contribution in [0.15, 0.2) is 0 Å². The third-order valence-corrected chi connectivity index (χ3v) is 2.99. The predicted molar refractivity (Wildman–Crippen MR) is 55.7 cm³/mol. The van der Waals surface area contributed by atoms with Crippen LogP contribution >= 0.6 is 0 Å². The maximum atomic E-state index is 9.61. The van der Waals surface area contributed by atoms with Gasteiger partial charge in [0.25, 0.3) is 0 Å². The molecule has 2 nitrogen and oxygen atoms in total. The minimum atomic E-state index is -0.187. The monoisotopic (exact) mass is 185 g/mol.